The molecule has 1 aliphatic heterocycles. The van der Waals surface area contributed by atoms with Gasteiger partial charge in [0.1, 0.15) is 11.4 Å². The summed E-state index contributed by atoms with van der Waals surface area (Å²) in [6, 6.07) is 5.81. The molecule has 31 heavy (non-hydrogen) atoms. The van der Waals surface area contributed by atoms with Crippen molar-refractivity contribution in [2.45, 2.75) is 64.8 Å². The lowest BCUT2D eigenvalue weighted by Gasteiger charge is -2.60. The maximum atomic E-state index is 13.2. The van der Waals surface area contributed by atoms with Gasteiger partial charge in [-0.1, -0.05) is 26.3 Å². The van der Waals surface area contributed by atoms with Crippen LogP contribution in [0.4, 0.5) is 10.1 Å². The number of benzene rings is 1. The molecule has 1 unspecified atom stereocenters. The van der Waals surface area contributed by atoms with Crippen molar-refractivity contribution in [1.82, 2.24) is 4.90 Å². The molecule has 5 rings (SSSR count). The summed E-state index contributed by atoms with van der Waals surface area (Å²) in [6.07, 6.45) is 10.6. The second kappa shape index (κ2) is 7.18. The summed E-state index contributed by atoms with van der Waals surface area (Å²) in [5.41, 5.74) is 1.01. The summed E-state index contributed by atoms with van der Waals surface area (Å²) in [5, 5.41) is 2.80. The number of hydrogen-bond acceptors (Lipinski definition) is 2. The van der Waals surface area contributed by atoms with Gasteiger partial charge in [-0.3, -0.25) is 9.59 Å². The average molecular weight is 425 g/mol. The molecule has 6 atom stereocenters. The molecule has 3 aliphatic carbocycles. The lowest BCUT2D eigenvalue weighted by atomic mass is 9.48. The third-order valence-corrected chi connectivity index (χ3v) is 9.33. The number of carbonyl (C=O) groups excluding carboxylic acids is 2. The van der Waals surface area contributed by atoms with E-state index in [1.165, 1.54) is 62.8 Å². The maximum absolute atomic E-state index is 13.2. The predicted octanol–water partition coefficient (Wildman–Crippen LogP) is 5.16. The molecule has 4 nitrogen and oxygen atoms in total. The van der Waals surface area contributed by atoms with E-state index in [-0.39, 0.29) is 28.8 Å². The van der Waals surface area contributed by atoms with Crippen LogP contribution in [0.15, 0.2) is 35.9 Å². The van der Waals surface area contributed by atoms with Crippen molar-refractivity contribution in [3.05, 3.63) is 41.7 Å². The molecular weight excluding hydrogens is 391 g/mol. The number of nitrogens with one attached hydrogen (secondary N) is 1. The quantitative estimate of drug-likeness (QED) is 0.667. The Hall–Kier alpha value is -2.17. The number of hydrogen-bond donors (Lipinski definition) is 1. The minimum absolute atomic E-state index is 0.148. The van der Waals surface area contributed by atoms with Gasteiger partial charge in [0.15, 0.2) is 0 Å². The summed E-state index contributed by atoms with van der Waals surface area (Å²) < 4.78 is 13.2. The van der Waals surface area contributed by atoms with Gasteiger partial charge in [0.05, 0.1) is 0 Å². The molecule has 0 aromatic heterocycles. The molecule has 1 aromatic rings. The summed E-state index contributed by atoms with van der Waals surface area (Å²) in [7, 11) is 1.85. The Morgan fingerprint density at radius 1 is 1.06 bits per heavy atom. The highest BCUT2D eigenvalue weighted by Gasteiger charge is 2.59. The Bertz CT molecular complexity index is 941. The highest BCUT2D eigenvalue weighted by Crippen LogP contribution is 2.64. The van der Waals surface area contributed by atoms with Crippen LogP contribution in [0.2, 0.25) is 0 Å². The Morgan fingerprint density at radius 2 is 1.81 bits per heavy atom. The van der Waals surface area contributed by atoms with Crippen LogP contribution in [0.25, 0.3) is 0 Å². The van der Waals surface area contributed by atoms with E-state index in [9.17, 15) is 14.0 Å². The van der Waals surface area contributed by atoms with Gasteiger partial charge in [0.25, 0.3) is 11.8 Å². The van der Waals surface area contributed by atoms with E-state index in [1.54, 1.807) is 0 Å². The van der Waals surface area contributed by atoms with Crippen LogP contribution in [0.3, 0.4) is 0 Å². The van der Waals surface area contributed by atoms with Crippen LogP contribution in [0.5, 0.6) is 0 Å². The van der Waals surface area contributed by atoms with Crippen LogP contribution in [0.1, 0.15) is 58.8 Å². The van der Waals surface area contributed by atoms with Gasteiger partial charge in [-0.15, -0.1) is 0 Å². The fourth-order valence-electron chi connectivity index (χ4n) is 7.78. The molecule has 0 radical (unpaired) electrons. The van der Waals surface area contributed by atoms with Crippen LogP contribution < -0.4 is 5.32 Å². The van der Waals surface area contributed by atoms with E-state index < -0.39 is 5.91 Å². The SMILES string of the molecule is CN1C(=O)C(C(=O)Nc2ccc(F)cc2)=C[C@@]2(C)C1CC[C@@H]1[C@H]2CC[C@]2(C)CCC[C@@H]12. The summed E-state index contributed by atoms with van der Waals surface area (Å²) in [6.45, 7) is 4.77. The average Bonchev–Trinajstić information content (AvgIpc) is 3.14. The van der Waals surface area contributed by atoms with Crippen molar-refractivity contribution in [2.24, 2.45) is 28.6 Å². The molecule has 166 valence electrons. The molecule has 3 fully saturated rings. The molecule has 2 amide bonds. The van der Waals surface area contributed by atoms with Gasteiger partial charge in [-0.25, -0.2) is 4.39 Å². The van der Waals surface area contributed by atoms with E-state index >= 15 is 0 Å². The number of fused-ring (bicyclic) bond motifs is 5. The third kappa shape index (κ3) is 3.15. The first-order valence-electron chi connectivity index (χ1n) is 11.8. The number of nitrogens with zero attached hydrogens (tertiary/aromatic N) is 1. The van der Waals surface area contributed by atoms with Gasteiger partial charge in [-0.05, 0) is 86.0 Å². The Balaban J connectivity index is 1.47. The Labute approximate surface area is 184 Å². The Kier molecular flexibility index (Phi) is 4.80. The van der Waals surface area contributed by atoms with Crippen molar-refractivity contribution in [2.75, 3.05) is 12.4 Å². The highest BCUT2D eigenvalue weighted by atomic mass is 19.1. The smallest absolute Gasteiger partial charge is 0.260 e. The maximum Gasteiger partial charge on any atom is 0.260 e. The second-order valence-electron chi connectivity index (χ2n) is 10.9. The molecule has 5 heteroatoms. The Morgan fingerprint density at radius 3 is 2.55 bits per heavy atom. The summed E-state index contributed by atoms with van der Waals surface area (Å²) in [4.78, 5) is 28.1. The molecule has 0 saturated heterocycles. The zero-order valence-corrected chi connectivity index (χ0v) is 18.8. The fourth-order valence-corrected chi connectivity index (χ4v) is 7.78. The zero-order chi connectivity index (χ0) is 22.0. The van der Waals surface area contributed by atoms with Crippen LogP contribution in [-0.4, -0.2) is 29.8 Å². The monoisotopic (exact) mass is 424 g/mol. The van der Waals surface area contributed by atoms with Crippen molar-refractivity contribution in [3.8, 4) is 0 Å². The molecule has 1 N–H and O–H groups in total. The molecule has 3 saturated carbocycles. The first-order chi connectivity index (χ1) is 14.7. The third-order valence-electron chi connectivity index (χ3n) is 9.33. The van der Waals surface area contributed by atoms with Crippen LogP contribution >= 0.6 is 0 Å². The highest BCUT2D eigenvalue weighted by molar-refractivity contribution is 6.23. The van der Waals surface area contributed by atoms with Crippen molar-refractivity contribution in [1.29, 1.82) is 0 Å². The number of amides is 2. The van der Waals surface area contributed by atoms with Crippen molar-refractivity contribution < 1.29 is 14.0 Å². The largest absolute Gasteiger partial charge is 0.338 e. The molecule has 1 aromatic carbocycles. The van der Waals surface area contributed by atoms with Crippen LogP contribution in [-0.2, 0) is 9.59 Å². The number of halogens is 1. The van der Waals surface area contributed by atoms with E-state index in [0.29, 0.717) is 22.9 Å². The second-order valence-corrected chi connectivity index (χ2v) is 10.9. The zero-order valence-electron chi connectivity index (χ0n) is 18.8. The van der Waals surface area contributed by atoms with Gasteiger partial charge in [-0.2, -0.15) is 0 Å². The van der Waals surface area contributed by atoms with E-state index in [4.69, 9.17) is 0 Å². The minimum Gasteiger partial charge on any atom is -0.338 e. The molecule has 0 spiro atoms. The van der Waals surface area contributed by atoms with E-state index in [1.807, 2.05) is 18.0 Å². The summed E-state index contributed by atoms with van der Waals surface area (Å²) in [5.74, 6) is 1.00. The van der Waals surface area contributed by atoms with Crippen molar-refractivity contribution in [3.63, 3.8) is 0 Å². The van der Waals surface area contributed by atoms with Gasteiger partial charge < -0.3 is 10.2 Å². The molecule has 1 heterocycles. The minimum atomic E-state index is -0.397. The summed E-state index contributed by atoms with van der Waals surface area (Å²) >= 11 is 0. The van der Waals surface area contributed by atoms with E-state index in [0.717, 1.165) is 12.3 Å². The first kappa shape index (κ1) is 20.7. The predicted molar refractivity (Wildman–Crippen MR) is 119 cm³/mol. The van der Waals surface area contributed by atoms with E-state index in [2.05, 4.69) is 19.2 Å². The van der Waals surface area contributed by atoms with Gasteiger partial charge >= 0.3 is 0 Å². The van der Waals surface area contributed by atoms with Gasteiger partial charge in [0.2, 0.25) is 0 Å². The van der Waals surface area contributed by atoms with Crippen molar-refractivity contribution >= 4 is 17.5 Å². The van der Waals surface area contributed by atoms with Gasteiger partial charge in [0, 0.05) is 24.2 Å². The fraction of sp³-hybridized carbons (Fsp3) is 0.615. The number of carbonyl (C=O) groups is 2. The molecular formula is C26H33FN2O2. The topological polar surface area (TPSA) is 49.4 Å². The normalized spacial score (nSPS) is 39.3. The lowest BCUT2D eigenvalue weighted by Crippen LogP contribution is -2.60. The standard InChI is InChI=1S/C26H33FN2O2/c1-25-13-4-5-20(25)18-10-11-22-26(2,21(18)12-14-25)15-19(24(31)29(22)3)23(30)28-17-8-6-16(27)7-9-17/h6-9,15,18,20-22H,4-5,10-14H2,1-3H3,(H,28,30)/t18-,20-,21+,22?,25-,26+/m0/s1. The number of rotatable bonds is 2. The number of anilines is 1. The first-order valence-corrected chi connectivity index (χ1v) is 11.8. The van der Waals surface area contributed by atoms with Crippen LogP contribution in [0, 0.1) is 34.4 Å². The molecule has 0 bridgehead atoms. The number of likely N-dealkylation sites (N-methyl/N-ethyl adjacent to an activating group) is 1. The lowest BCUT2D eigenvalue weighted by molar-refractivity contribution is -0.141. The molecule has 4 aliphatic rings.